The van der Waals surface area contributed by atoms with Gasteiger partial charge in [-0.1, -0.05) is 6.07 Å². The Morgan fingerprint density at radius 2 is 2.04 bits per heavy atom. The van der Waals surface area contributed by atoms with E-state index in [0.717, 1.165) is 25.8 Å². The number of carbonyl (C=O) groups is 1. The quantitative estimate of drug-likeness (QED) is 0.802. The fraction of sp³-hybridized carbons (Fsp3) is 0.471. The van der Waals surface area contributed by atoms with Gasteiger partial charge in [0.15, 0.2) is 0 Å². The maximum Gasteiger partial charge on any atom is 0.252 e. The SMILES string of the molecule is O=C(C1CCCN(S(=O)(=O)c2cccs2)C1)N1CCc2sccc2C1. The van der Waals surface area contributed by atoms with E-state index in [9.17, 15) is 13.2 Å². The van der Waals surface area contributed by atoms with Crippen LogP contribution >= 0.6 is 22.7 Å². The highest BCUT2D eigenvalue weighted by atomic mass is 32.2. The summed E-state index contributed by atoms with van der Waals surface area (Å²) in [4.78, 5) is 16.2. The highest BCUT2D eigenvalue weighted by Gasteiger charge is 2.36. The van der Waals surface area contributed by atoms with Gasteiger partial charge >= 0.3 is 0 Å². The molecule has 0 aromatic carbocycles. The number of rotatable bonds is 3. The number of fused-ring (bicyclic) bond motifs is 1. The van der Waals surface area contributed by atoms with Crippen molar-refractivity contribution in [2.75, 3.05) is 19.6 Å². The van der Waals surface area contributed by atoms with Gasteiger partial charge in [0.1, 0.15) is 4.21 Å². The zero-order valence-corrected chi connectivity index (χ0v) is 16.2. The van der Waals surface area contributed by atoms with Crippen LogP contribution in [0.3, 0.4) is 0 Å². The molecule has 0 radical (unpaired) electrons. The van der Waals surface area contributed by atoms with Crippen molar-refractivity contribution in [3.8, 4) is 0 Å². The fourth-order valence-electron chi connectivity index (χ4n) is 3.59. The summed E-state index contributed by atoms with van der Waals surface area (Å²) in [5, 5.41) is 3.85. The molecule has 0 bridgehead atoms. The standard InChI is InChI=1S/C17H20N2O3S3/c20-17(18-8-5-15-13(11-18)6-10-23-15)14-3-1-7-19(12-14)25(21,22)16-4-2-9-24-16/h2,4,6,9-10,14H,1,3,5,7-8,11-12H2. The molecule has 1 saturated heterocycles. The number of amides is 1. The number of piperidine rings is 1. The van der Waals surface area contributed by atoms with Crippen molar-refractivity contribution in [3.63, 3.8) is 0 Å². The topological polar surface area (TPSA) is 57.7 Å². The van der Waals surface area contributed by atoms with Gasteiger partial charge < -0.3 is 4.90 Å². The minimum atomic E-state index is -3.47. The third kappa shape index (κ3) is 3.28. The normalized spacial score (nSPS) is 21.9. The average molecular weight is 397 g/mol. The molecule has 4 rings (SSSR count). The van der Waals surface area contributed by atoms with Crippen LogP contribution in [0, 0.1) is 5.92 Å². The molecule has 0 aliphatic carbocycles. The molecule has 8 heteroatoms. The Bertz CT molecular complexity index is 858. The van der Waals surface area contributed by atoms with E-state index in [4.69, 9.17) is 0 Å². The number of thiophene rings is 2. The second-order valence-corrected chi connectivity index (χ2v) is 10.6. The Balaban J connectivity index is 1.47. The summed E-state index contributed by atoms with van der Waals surface area (Å²) in [5.41, 5.74) is 1.24. The number of carbonyl (C=O) groups excluding carboxylic acids is 1. The predicted molar refractivity (Wildman–Crippen MR) is 99.2 cm³/mol. The van der Waals surface area contributed by atoms with Gasteiger partial charge in [0, 0.05) is 31.1 Å². The smallest absolute Gasteiger partial charge is 0.252 e. The summed E-state index contributed by atoms with van der Waals surface area (Å²) in [6.45, 7) is 2.19. The molecule has 25 heavy (non-hydrogen) atoms. The highest BCUT2D eigenvalue weighted by Crippen LogP contribution is 2.29. The van der Waals surface area contributed by atoms with Crippen LogP contribution in [-0.2, 0) is 27.8 Å². The van der Waals surface area contributed by atoms with Crippen LogP contribution in [0.4, 0.5) is 0 Å². The van der Waals surface area contributed by atoms with Crippen molar-refractivity contribution in [2.24, 2.45) is 5.92 Å². The summed E-state index contributed by atoms with van der Waals surface area (Å²) in [6, 6.07) is 5.47. The maximum atomic E-state index is 13.0. The molecule has 2 aromatic heterocycles. The van der Waals surface area contributed by atoms with Crippen LogP contribution in [0.5, 0.6) is 0 Å². The minimum absolute atomic E-state index is 0.0999. The summed E-state index contributed by atoms with van der Waals surface area (Å²) >= 11 is 2.98. The molecule has 1 unspecified atom stereocenters. The van der Waals surface area contributed by atoms with Crippen molar-refractivity contribution >= 4 is 38.6 Å². The first-order chi connectivity index (χ1) is 12.1. The van der Waals surface area contributed by atoms with E-state index in [2.05, 4.69) is 11.4 Å². The first-order valence-corrected chi connectivity index (χ1v) is 11.6. The molecule has 0 saturated carbocycles. The molecular weight excluding hydrogens is 376 g/mol. The van der Waals surface area contributed by atoms with Crippen LogP contribution in [0.15, 0.2) is 33.2 Å². The Morgan fingerprint density at radius 3 is 2.84 bits per heavy atom. The number of hydrogen-bond donors (Lipinski definition) is 0. The highest BCUT2D eigenvalue weighted by molar-refractivity contribution is 7.91. The van der Waals surface area contributed by atoms with Crippen molar-refractivity contribution in [1.82, 2.24) is 9.21 Å². The fourth-order valence-corrected chi connectivity index (χ4v) is 7.15. The summed E-state index contributed by atoms with van der Waals surface area (Å²) in [6.07, 6.45) is 2.41. The van der Waals surface area contributed by atoms with Gasteiger partial charge in [0.05, 0.1) is 5.92 Å². The van der Waals surface area contributed by atoms with Gasteiger partial charge in [-0.25, -0.2) is 8.42 Å². The Kier molecular flexibility index (Phi) is 4.70. The lowest BCUT2D eigenvalue weighted by Gasteiger charge is -2.35. The minimum Gasteiger partial charge on any atom is -0.338 e. The van der Waals surface area contributed by atoms with Crippen LogP contribution in [0.25, 0.3) is 0 Å². The van der Waals surface area contributed by atoms with Crippen LogP contribution in [-0.4, -0.2) is 43.2 Å². The van der Waals surface area contributed by atoms with E-state index in [1.54, 1.807) is 28.8 Å². The molecular formula is C17H20N2O3S3. The lowest BCUT2D eigenvalue weighted by molar-refractivity contribution is -0.137. The Hall–Kier alpha value is -1.22. The molecule has 1 atom stereocenters. The molecule has 2 aromatic rings. The molecule has 5 nitrogen and oxygen atoms in total. The van der Waals surface area contributed by atoms with Crippen LogP contribution in [0.2, 0.25) is 0 Å². The molecule has 2 aliphatic rings. The van der Waals surface area contributed by atoms with Gasteiger partial charge in [-0.05, 0) is 47.7 Å². The molecule has 1 fully saturated rings. The van der Waals surface area contributed by atoms with Crippen LogP contribution in [0.1, 0.15) is 23.3 Å². The molecule has 0 N–H and O–H groups in total. The molecule has 1 amide bonds. The second kappa shape index (κ2) is 6.83. The third-order valence-electron chi connectivity index (χ3n) is 4.94. The average Bonchev–Trinajstić information content (AvgIpc) is 3.32. The van der Waals surface area contributed by atoms with E-state index in [-0.39, 0.29) is 11.8 Å². The van der Waals surface area contributed by atoms with E-state index < -0.39 is 10.0 Å². The Morgan fingerprint density at radius 1 is 1.16 bits per heavy atom. The van der Waals surface area contributed by atoms with E-state index >= 15 is 0 Å². The third-order valence-corrected chi connectivity index (χ3v) is 9.20. The van der Waals surface area contributed by atoms with E-state index in [0.29, 0.717) is 23.8 Å². The lowest BCUT2D eigenvalue weighted by atomic mass is 9.97. The number of hydrogen-bond acceptors (Lipinski definition) is 5. The maximum absolute atomic E-state index is 13.0. The first-order valence-electron chi connectivity index (χ1n) is 8.43. The lowest BCUT2D eigenvalue weighted by Crippen LogP contribution is -2.47. The zero-order chi connectivity index (χ0) is 17.4. The van der Waals surface area contributed by atoms with Gasteiger partial charge in [0.2, 0.25) is 5.91 Å². The van der Waals surface area contributed by atoms with Crippen LogP contribution < -0.4 is 0 Å². The second-order valence-electron chi connectivity index (χ2n) is 6.51. The van der Waals surface area contributed by atoms with Gasteiger partial charge in [-0.3, -0.25) is 4.79 Å². The number of sulfonamides is 1. The summed E-state index contributed by atoms with van der Waals surface area (Å²) in [7, 11) is -3.47. The summed E-state index contributed by atoms with van der Waals surface area (Å²) < 4.78 is 27.3. The van der Waals surface area contributed by atoms with Gasteiger partial charge in [-0.15, -0.1) is 22.7 Å². The van der Waals surface area contributed by atoms with E-state index in [1.807, 2.05) is 4.90 Å². The molecule has 2 aliphatic heterocycles. The van der Waals surface area contributed by atoms with Crippen molar-refractivity contribution in [2.45, 2.75) is 30.0 Å². The van der Waals surface area contributed by atoms with Crippen molar-refractivity contribution < 1.29 is 13.2 Å². The Labute approximate surface area is 155 Å². The zero-order valence-electron chi connectivity index (χ0n) is 13.8. The van der Waals surface area contributed by atoms with E-state index in [1.165, 1.54) is 26.1 Å². The first kappa shape index (κ1) is 17.2. The van der Waals surface area contributed by atoms with Crippen molar-refractivity contribution in [3.05, 3.63) is 39.4 Å². The monoisotopic (exact) mass is 396 g/mol. The molecule has 0 spiro atoms. The molecule has 134 valence electrons. The predicted octanol–water partition coefficient (Wildman–Crippen LogP) is 2.80. The van der Waals surface area contributed by atoms with Crippen molar-refractivity contribution in [1.29, 1.82) is 0 Å². The largest absolute Gasteiger partial charge is 0.338 e. The summed E-state index contributed by atoms with van der Waals surface area (Å²) in [5.74, 6) is -0.133. The van der Waals surface area contributed by atoms with Gasteiger partial charge in [0.25, 0.3) is 10.0 Å². The molecule has 4 heterocycles. The van der Waals surface area contributed by atoms with Gasteiger partial charge in [-0.2, -0.15) is 4.31 Å². The number of nitrogens with zero attached hydrogens (tertiary/aromatic N) is 2.